The molecule has 6 heteroatoms. The Bertz CT molecular complexity index is 934. The zero-order valence-corrected chi connectivity index (χ0v) is 16.0. The molecule has 0 saturated carbocycles. The van der Waals surface area contributed by atoms with E-state index in [9.17, 15) is 5.11 Å². The van der Waals surface area contributed by atoms with Crippen molar-refractivity contribution in [1.29, 1.82) is 0 Å². The molecule has 0 spiro atoms. The Morgan fingerprint density at radius 2 is 1.89 bits per heavy atom. The van der Waals surface area contributed by atoms with Crippen molar-refractivity contribution >= 4 is 24.0 Å². The minimum absolute atomic E-state index is 0. The van der Waals surface area contributed by atoms with Gasteiger partial charge >= 0.3 is 0 Å². The Balaban J connectivity index is 0.00000210. The highest BCUT2D eigenvalue weighted by Crippen LogP contribution is 2.24. The molecule has 0 N–H and O–H groups in total. The minimum atomic E-state index is -0.153. The van der Waals surface area contributed by atoms with E-state index in [0.29, 0.717) is 5.69 Å². The first-order valence-corrected chi connectivity index (χ1v) is 8.80. The first-order chi connectivity index (χ1) is 12.7. The zero-order chi connectivity index (χ0) is 17.9. The molecule has 140 valence electrons. The normalized spacial score (nSPS) is 13.1. The fourth-order valence-corrected chi connectivity index (χ4v) is 3.47. The lowest BCUT2D eigenvalue weighted by atomic mass is 10.2. The number of aromatic nitrogens is 2. The Hall–Kier alpha value is -2.79. The molecule has 0 unspecified atom stereocenters. The summed E-state index contributed by atoms with van der Waals surface area (Å²) in [5.74, 6) is 1.80. The molecule has 1 aromatic heterocycles. The van der Waals surface area contributed by atoms with E-state index in [1.807, 2.05) is 34.9 Å². The van der Waals surface area contributed by atoms with Gasteiger partial charge in [0.1, 0.15) is 18.5 Å². The highest BCUT2D eigenvalue weighted by Gasteiger charge is 2.28. The van der Waals surface area contributed by atoms with Crippen molar-refractivity contribution in [3.8, 4) is 17.0 Å². The largest absolute Gasteiger partial charge is 0.859 e. The molecule has 4 rings (SSSR count). The number of aliphatic imine (C=N–C) groups is 1. The average molecular weight is 384 g/mol. The molecule has 0 aliphatic carbocycles. The molecule has 0 fully saturated rings. The van der Waals surface area contributed by atoms with Gasteiger partial charge in [0.25, 0.3) is 5.82 Å². The van der Waals surface area contributed by atoms with Crippen LogP contribution in [0.2, 0.25) is 0 Å². The molecule has 1 aliphatic heterocycles. The van der Waals surface area contributed by atoms with E-state index in [1.54, 1.807) is 19.2 Å². The van der Waals surface area contributed by atoms with Crippen LogP contribution in [0.5, 0.6) is 5.75 Å². The number of rotatable bonds is 5. The molecule has 3 aromatic rings. The van der Waals surface area contributed by atoms with Crippen LogP contribution >= 0.6 is 12.4 Å². The van der Waals surface area contributed by atoms with Crippen molar-refractivity contribution in [3.63, 3.8) is 0 Å². The van der Waals surface area contributed by atoms with Crippen LogP contribution in [0.3, 0.4) is 0 Å². The molecule has 1 aliphatic rings. The van der Waals surface area contributed by atoms with Gasteiger partial charge in [-0.05, 0) is 30.7 Å². The molecule has 27 heavy (non-hydrogen) atoms. The van der Waals surface area contributed by atoms with Gasteiger partial charge < -0.3 is 9.84 Å². The molecule has 0 saturated heterocycles. The maximum Gasteiger partial charge on any atom is 0.257 e. The van der Waals surface area contributed by atoms with Gasteiger partial charge in [-0.1, -0.05) is 30.3 Å². The molecule has 0 radical (unpaired) electrons. The van der Waals surface area contributed by atoms with Gasteiger partial charge in [-0.15, -0.1) is 12.4 Å². The molecule has 0 bridgehead atoms. The zero-order valence-electron chi connectivity index (χ0n) is 15.2. The van der Waals surface area contributed by atoms with Crippen molar-refractivity contribution in [2.75, 3.05) is 7.11 Å². The maximum absolute atomic E-state index is 12.5. The Morgan fingerprint density at radius 1 is 1.15 bits per heavy atom. The lowest BCUT2D eigenvalue weighted by molar-refractivity contribution is -0.693. The topological polar surface area (TPSA) is 53.5 Å². The first kappa shape index (κ1) is 19.0. The molecule has 5 nitrogen and oxygen atoms in total. The second kappa shape index (κ2) is 8.27. The van der Waals surface area contributed by atoms with Gasteiger partial charge in [-0.25, -0.2) is 9.13 Å². The fraction of sp³-hybridized carbons (Fsp3) is 0.238. The van der Waals surface area contributed by atoms with Gasteiger partial charge in [-0.3, -0.25) is 4.99 Å². The Kier molecular flexibility index (Phi) is 5.81. The monoisotopic (exact) mass is 383 g/mol. The lowest BCUT2D eigenvalue weighted by Gasteiger charge is -2.09. The predicted molar refractivity (Wildman–Crippen MR) is 106 cm³/mol. The standard InChI is InChI=1S/C21H21N3O2.ClH/c1-26-18-11-9-17(10-12-18)22-20(25)15-23-14-19(16-6-3-2-4-7-16)24-13-5-8-21(23)24;/h2-4,6-7,9-12,14H,5,8,13,15H2,1H3;1H. The average Bonchev–Trinajstić information content (AvgIpc) is 3.27. The van der Waals surface area contributed by atoms with Crippen molar-refractivity contribution in [2.24, 2.45) is 4.99 Å². The third-order valence-corrected chi connectivity index (χ3v) is 4.70. The number of hydrogen-bond acceptors (Lipinski definition) is 3. The molecular formula is C21H22ClN3O2. The van der Waals surface area contributed by atoms with E-state index in [-0.39, 0.29) is 24.8 Å². The van der Waals surface area contributed by atoms with Gasteiger partial charge in [0, 0.05) is 11.5 Å². The van der Waals surface area contributed by atoms with Crippen molar-refractivity contribution in [1.82, 2.24) is 4.57 Å². The SMILES string of the molecule is COc1ccc(N=C([O-])C[n+]2cc(-c3ccccc3)n3c2CCC3)cc1.Cl. The summed E-state index contributed by atoms with van der Waals surface area (Å²) in [4.78, 5) is 4.21. The van der Waals surface area contributed by atoms with Crippen LogP contribution in [-0.2, 0) is 19.5 Å². The van der Waals surface area contributed by atoms with Crippen molar-refractivity contribution in [2.45, 2.75) is 25.9 Å². The number of nitrogens with zero attached hydrogens (tertiary/aromatic N) is 3. The number of methoxy groups -OCH3 is 1. The summed E-state index contributed by atoms with van der Waals surface area (Å²) in [6, 6.07) is 17.5. The van der Waals surface area contributed by atoms with Gasteiger partial charge in [0.15, 0.2) is 5.69 Å². The quantitative estimate of drug-likeness (QED) is 0.386. The summed E-state index contributed by atoms with van der Waals surface area (Å²) in [7, 11) is 1.62. The molecule has 2 aromatic carbocycles. The van der Waals surface area contributed by atoms with E-state index in [4.69, 9.17) is 4.74 Å². The summed E-state index contributed by atoms with van der Waals surface area (Å²) in [6.45, 7) is 1.25. The Labute approximate surface area is 165 Å². The summed E-state index contributed by atoms with van der Waals surface area (Å²) in [5, 5.41) is 12.5. The maximum atomic E-state index is 12.5. The van der Waals surface area contributed by atoms with E-state index in [2.05, 4.69) is 27.9 Å². The highest BCUT2D eigenvalue weighted by molar-refractivity contribution is 5.85. The van der Waals surface area contributed by atoms with E-state index < -0.39 is 0 Å². The number of ether oxygens (including phenoxy) is 1. The molecule has 0 atom stereocenters. The number of benzene rings is 2. The van der Waals surface area contributed by atoms with Crippen LogP contribution in [0.25, 0.3) is 11.3 Å². The third-order valence-electron chi connectivity index (χ3n) is 4.70. The van der Waals surface area contributed by atoms with Gasteiger partial charge in [0.05, 0.1) is 25.8 Å². The summed E-state index contributed by atoms with van der Waals surface area (Å²) < 4.78 is 9.49. The smallest absolute Gasteiger partial charge is 0.257 e. The van der Waals surface area contributed by atoms with E-state index in [1.165, 1.54) is 11.4 Å². The second-order valence-electron chi connectivity index (χ2n) is 6.38. The van der Waals surface area contributed by atoms with Crippen LogP contribution < -0.4 is 14.4 Å². The lowest BCUT2D eigenvalue weighted by Crippen LogP contribution is -2.43. The summed E-state index contributed by atoms with van der Waals surface area (Å²) in [6.07, 6.45) is 4.17. The van der Waals surface area contributed by atoms with E-state index >= 15 is 0 Å². The first-order valence-electron chi connectivity index (χ1n) is 8.80. The van der Waals surface area contributed by atoms with Crippen LogP contribution in [0.1, 0.15) is 12.2 Å². The van der Waals surface area contributed by atoms with Crippen LogP contribution in [0.4, 0.5) is 5.69 Å². The van der Waals surface area contributed by atoms with Crippen LogP contribution in [-0.4, -0.2) is 17.6 Å². The van der Waals surface area contributed by atoms with Crippen LogP contribution in [0, 0.1) is 0 Å². The van der Waals surface area contributed by atoms with Gasteiger partial charge in [0.2, 0.25) is 0 Å². The van der Waals surface area contributed by atoms with Gasteiger partial charge in [-0.2, -0.15) is 0 Å². The molecule has 2 heterocycles. The summed E-state index contributed by atoms with van der Waals surface area (Å²) >= 11 is 0. The number of hydrogen-bond donors (Lipinski definition) is 0. The molecule has 0 amide bonds. The number of imidazole rings is 1. The minimum Gasteiger partial charge on any atom is -0.859 e. The predicted octanol–water partition coefficient (Wildman–Crippen LogP) is 2.91. The number of halogens is 1. The van der Waals surface area contributed by atoms with E-state index in [0.717, 1.165) is 30.8 Å². The Morgan fingerprint density at radius 3 is 2.59 bits per heavy atom. The highest BCUT2D eigenvalue weighted by atomic mass is 35.5. The van der Waals surface area contributed by atoms with Crippen molar-refractivity contribution in [3.05, 3.63) is 66.6 Å². The third kappa shape index (κ3) is 3.98. The van der Waals surface area contributed by atoms with Crippen molar-refractivity contribution < 1.29 is 14.4 Å². The van der Waals surface area contributed by atoms with Crippen LogP contribution in [0.15, 0.2) is 65.8 Å². The summed E-state index contributed by atoms with van der Waals surface area (Å²) in [5.41, 5.74) is 2.99. The molecular weight excluding hydrogens is 362 g/mol. The number of fused-ring (bicyclic) bond motifs is 1. The fourth-order valence-electron chi connectivity index (χ4n) is 3.47. The second-order valence-corrected chi connectivity index (χ2v) is 6.38.